The zero-order valence-corrected chi connectivity index (χ0v) is 11.4. The maximum Gasteiger partial charge on any atom is 0.245 e. The van der Waals surface area contributed by atoms with Crippen molar-refractivity contribution in [3.63, 3.8) is 0 Å². The molecule has 4 heteroatoms. The van der Waals surface area contributed by atoms with Crippen molar-refractivity contribution in [2.24, 2.45) is 0 Å². The molecule has 2 unspecified atom stereocenters. The minimum absolute atomic E-state index is 0.000185. The molecule has 1 amide bonds. The number of hydrogen-bond donors (Lipinski definition) is 1. The molecule has 0 aromatic heterocycles. The molecule has 1 N–H and O–H groups in total. The van der Waals surface area contributed by atoms with E-state index in [0.29, 0.717) is 6.54 Å². The van der Waals surface area contributed by atoms with Crippen molar-refractivity contribution in [1.29, 1.82) is 5.26 Å². The summed E-state index contributed by atoms with van der Waals surface area (Å²) in [5.41, 5.74) is 2.03. The van der Waals surface area contributed by atoms with E-state index in [0.717, 1.165) is 17.7 Å². The van der Waals surface area contributed by atoms with Gasteiger partial charge in [0.25, 0.3) is 0 Å². The average molecular weight is 257 g/mol. The molecule has 0 saturated carbocycles. The number of aryl methyl sites for hydroxylation is 1. The normalized spacial score (nSPS) is 23.8. The molecule has 4 nitrogen and oxygen atoms in total. The Kier molecular flexibility index (Phi) is 4.18. The number of nitrogens with zero attached hydrogens (tertiary/aromatic N) is 2. The van der Waals surface area contributed by atoms with E-state index in [4.69, 9.17) is 5.26 Å². The van der Waals surface area contributed by atoms with Crippen molar-refractivity contribution in [3.8, 4) is 6.07 Å². The van der Waals surface area contributed by atoms with Gasteiger partial charge in [-0.3, -0.25) is 4.79 Å². The lowest BCUT2D eigenvalue weighted by Crippen LogP contribution is -2.45. The van der Waals surface area contributed by atoms with Crippen LogP contribution in [0.5, 0.6) is 0 Å². The topological polar surface area (TPSA) is 56.1 Å². The summed E-state index contributed by atoms with van der Waals surface area (Å²) in [6.45, 7) is 4.75. The van der Waals surface area contributed by atoms with Gasteiger partial charge in [-0.05, 0) is 31.9 Å². The van der Waals surface area contributed by atoms with Gasteiger partial charge in [0.2, 0.25) is 5.91 Å². The van der Waals surface area contributed by atoms with E-state index in [1.165, 1.54) is 0 Å². The molecule has 1 heterocycles. The summed E-state index contributed by atoms with van der Waals surface area (Å²) in [6, 6.07) is 9.82. The first-order chi connectivity index (χ1) is 9.13. The van der Waals surface area contributed by atoms with E-state index >= 15 is 0 Å². The summed E-state index contributed by atoms with van der Waals surface area (Å²) in [6.07, 6.45) is 1.10. The van der Waals surface area contributed by atoms with Crippen LogP contribution < -0.4 is 10.2 Å². The van der Waals surface area contributed by atoms with Gasteiger partial charge in [0.05, 0.1) is 12.5 Å². The molecule has 0 aliphatic carbocycles. The van der Waals surface area contributed by atoms with Crippen molar-refractivity contribution in [1.82, 2.24) is 5.32 Å². The minimum atomic E-state index is -0.401. The van der Waals surface area contributed by atoms with Crippen LogP contribution in [0.2, 0.25) is 0 Å². The van der Waals surface area contributed by atoms with Gasteiger partial charge in [0.15, 0.2) is 0 Å². The van der Waals surface area contributed by atoms with Crippen LogP contribution in [0.1, 0.15) is 25.3 Å². The molecule has 1 fully saturated rings. The molecule has 0 spiro atoms. The number of para-hydroxylation sites is 1. The maximum absolute atomic E-state index is 12.5. The lowest BCUT2D eigenvalue weighted by Gasteiger charge is -2.25. The van der Waals surface area contributed by atoms with Crippen molar-refractivity contribution in [2.75, 3.05) is 11.4 Å². The van der Waals surface area contributed by atoms with Crippen LogP contribution in [0.15, 0.2) is 24.3 Å². The van der Waals surface area contributed by atoms with E-state index in [2.05, 4.69) is 18.3 Å². The molecule has 0 radical (unpaired) electrons. The Bertz CT molecular complexity index is 506. The van der Waals surface area contributed by atoms with E-state index in [9.17, 15) is 4.79 Å². The summed E-state index contributed by atoms with van der Waals surface area (Å²) in [4.78, 5) is 14.4. The zero-order chi connectivity index (χ0) is 13.8. The molecule has 1 aliphatic heterocycles. The maximum atomic E-state index is 12.5. The Morgan fingerprint density at radius 3 is 2.89 bits per heavy atom. The highest BCUT2D eigenvalue weighted by molar-refractivity contribution is 5.98. The molecule has 1 aliphatic rings. The molecule has 100 valence electrons. The third kappa shape index (κ3) is 2.94. The molecule has 2 atom stereocenters. The van der Waals surface area contributed by atoms with Gasteiger partial charge in [0, 0.05) is 18.3 Å². The monoisotopic (exact) mass is 257 g/mol. The molecule has 1 aromatic rings. The molecule has 0 bridgehead atoms. The first kappa shape index (κ1) is 13.6. The first-order valence-electron chi connectivity index (χ1n) is 6.63. The fraction of sp³-hybridized carbons (Fsp3) is 0.467. The highest BCUT2D eigenvalue weighted by Gasteiger charge is 2.30. The van der Waals surface area contributed by atoms with Gasteiger partial charge in [-0.25, -0.2) is 0 Å². The second kappa shape index (κ2) is 5.85. The average Bonchev–Trinajstić information content (AvgIpc) is 2.52. The lowest BCUT2D eigenvalue weighted by molar-refractivity contribution is -0.120. The van der Waals surface area contributed by atoms with Crippen molar-refractivity contribution in [2.45, 2.75) is 38.8 Å². The standard InChI is InChI=1S/C15H19N3O/c1-11-5-3-4-6-14(11)18-10-8-12(2)17-13(7-9-16)15(18)19/h3-6,12-13,17H,7-8,10H2,1-2H3. The number of benzene rings is 1. The predicted molar refractivity (Wildman–Crippen MR) is 74.8 cm³/mol. The van der Waals surface area contributed by atoms with E-state index in [-0.39, 0.29) is 18.4 Å². The quantitative estimate of drug-likeness (QED) is 0.881. The zero-order valence-electron chi connectivity index (χ0n) is 11.4. The Morgan fingerprint density at radius 2 is 2.21 bits per heavy atom. The molecule has 2 rings (SSSR count). The van der Waals surface area contributed by atoms with E-state index in [1.54, 1.807) is 0 Å². The number of rotatable bonds is 2. The molecule has 1 aromatic carbocycles. The van der Waals surface area contributed by atoms with Crippen LogP contribution in [0.3, 0.4) is 0 Å². The fourth-order valence-corrected chi connectivity index (χ4v) is 2.46. The second-order valence-electron chi connectivity index (χ2n) is 5.05. The van der Waals surface area contributed by atoms with Crippen LogP contribution in [0.4, 0.5) is 5.69 Å². The lowest BCUT2D eigenvalue weighted by atomic mass is 10.1. The summed E-state index contributed by atoms with van der Waals surface area (Å²) >= 11 is 0. The SMILES string of the molecule is Cc1ccccc1N1CCC(C)NC(CC#N)C1=O. The van der Waals surface area contributed by atoms with Gasteiger partial charge in [-0.2, -0.15) is 5.26 Å². The largest absolute Gasteiger partial charge is 0.311 e. The number of carbonyl (C=O) groups excluding carboxylic acids is 1. The number of hydrogen-bond acceptors (Lipinski definition) is 3. The van der Waals surface area contributed by atoms with Crippen LogP contribution in [0, 0.1) is 18.3 Å². The van der Waals surface area contributed by atoms with Gasteiger partial charge >= 0.3 is 0 Å². The van der Waals surface area contributed by atoms with Gasteiger partial charge < -0.3 is 10.2 Å². The smallest absolute Gasteiger partial charge is 0.245 e. The van der Waals surface area contributed by atoms with Gasteiger partial charge in [0.1, 0.15) is 6.04 Å². The van der Waals surface area contributed by atoms with Crippen molar-refractivity contribution >= 4 is 11.6 Å². The Balaban J connectivity index is 2.31. The summed E-state index contributed by atoms with van der Waals surface area (Å²) in [5.74, 6) is 0.000185. The highest BCUT2D eigenvalue weighted by Crippen LogP contribution is 2.23. The van der Waals surface area contributed by atoms with Gasteiger partial charge in [-0.15, -0.1) is 0 Å². The van der Waals surface area contributed by atoms with E-state index in [1.807, 2.05) is 36.1 Å². The first-order valence-corrected chi connectivity index (χ1v) is 6.63. The third-order valence-electron chi connectivity index (χ3n) is 3.54. The van der Waals surface area contributed by atoms with Crippen LogP contribution in [-0.4, -0.2) is 24.5 Å². The van der Waals surface area contributed by atoms with E-state index < -0.39 is 6.04 Å². The Hall–Kier alpha value is -1.86. The molecular formula is C15H19N3O. The number of nitrogens with one attached hydrogen (secondary N) is 1. The number of anilines is 1. The second-order valence-corrected chi connectivity index (χ2v) is 5.05. The highest BCUT2D eigenvalue weighted by atomic mass is 16.2. The van der Waals surface area contributed by atoms with Crippen LogP contribution >= 0.6 is 0 Å². The predicted octanol–water partition coefficient (Wildman–Crippen LogP) is 1.99. The number of carbonyl (C=O) groups is 1. The third-order valence-corrected chi connectivity index (χ3v) is 3.54. The molecular weight excluding hydrogens is 238 g/mol. The van der Waals surface area contributed by atoms with Crippen molar-refractivity contribution in [3.05, 3.63) is 29.8 Å². The van der Waals surface area contributed by atoms with Crippen LogP contribution in [-0.2, 0) is 4.79 Å². The Morgan fingerprint density at radius 1 is 1.47 bits per heavy atom. The number of amides is 1. The van der Waals surface area contributed by atoms with Gasteiger partial charge in [-0.1, -0.05) is 18.2 Å². The molecule has 19 heavy (non-hydrogen) atoms. The van der Waals surface area contributed by atoms with Crippen LogP contribution in [0.25, 0.3) is 0 Å². The minimum Gasteiger partial charge on any atom is -0.311 e. The fourth-order valence-electron chi connectivity index (χ4n) is 2.46. The molecule has 1 saturated heterocycles. The van der Waals surface area contributed by atoms with Crippen molar-refractivity contribution < 1.29 is 4.79 Å². The number of nitriles is 1. The summed E-state index contributed by atoms with van der Waals surface area (Å²) in [5, 5.41) is 12.1. The summed E-state index contributed by atoms with van der Waals surface area (Å²) < 4.78 is 0. The Labute approximate surface area is 114 Å². The summed E-state index contributed by atoms with van der Waals surface area (Å²) in [7, 11) is 0.